The van der Waals surface area contributed by atoms with Crippen LogP contribution in [0.25, 0.3) is 11.4 Å². The Morgan fingerprint density at radius 1 is 1.28 bits per heavy atom. The second-order valence-electron chi connectivity index (χ2n) is 5.34. The third kappa shape index (κ3) is 5.57. The molecule has 134 valence electrons. The molecule has 0 fully saturated rings. The molecule has 2 rings (SSSR count). The van der Waals surface area contributed by atoms with Crippen molar-refractivity contribution in [2.45, 2.75) is 25.5 Å². The molecule has 0 atom stereocenters. The van der Waals surface area contributed by atoms with Gasteiger partial charge >= 0.3 is 0 Å². The number of carbonyl (C=O) groups is 2. The van der Waals surface area contributed by atoms with Crippen LogP contribution in [0.2, 0.25) is 0 Å². The summed E-state index contributed by atoms with van der Waals surface area (Å²) >= 11 is 1.25. The second-order valence-corrected chi connectivity index (χ2v) is 6.28. The maximum absolute atomic E-state index is 11.7. The molecule has 0 aliphatic carbocycles. The highest BCUT2D eigenvalue weighted by Crippen LogP contribution is 2.24. The molecule has 0 saturated heterocycles. The zero-order chi connectivity index (χ0) is 18.2. The molecule has 1 aromatic carbocycles. The number of ether oxygens (including phenoxy) is 1. The number of methoxy groups -OCH3 is 1. The highest BCUT2D eigenvalue weighted by molar-refractivity contribution is 7.99. The quantitative estimate of drug-likeness (QED) is 0.566. The van der Waals surface area contributed by atoms with Gasteiger partial charge in [0.15, 0.2) is 11.0 Å². The Balaban J connectivity index is 2.15. The lowest BCUT2D eigenvalue weighted by atomic mass is 10.1. The summed E-state index contributed by atoms with van der Waals surface area (Å²) in [6.45, 7) is 4.41. The Morgan fingerprint density at radius 2 is 2.08 bits per heavy atom. The minimum absolute atomic E-state index is 0.110. The van der Waals surface area contributed by atoms with E-state index in [9.17, 15) is 9.59 Å². The first-order valence-corrected chi connectivity index (χ1v) is 8.67. The summed E-state index contributed by atoms with van der Waals surface area (Å²) in [7, 11) is 1.63. The van der Waals surface area contributed by atoms with Gasteiger partial charge < -0.3 is 4.74 Å². The number of carbonyl (C=O) groups excluding carboxylic acids is 2. The largest absolute Gasteiger partial charge is 0.383 e. The van der Waals surface area contributed by atoms with E-state index in [-0.39, 0.29) is 17.6 Å². The van der Waals surface area contributed by atoms with Crippen molar-refractivity contribution in [1.29, 1.82) is 0 Å². The van der Waals surface area contributed by atoms with Gasteiger partial charge in [0.1, 0.15) is 0 Å². The summed E-state index contributed by atoms with van der Waals surface area (Å²) in [5.74, 6) is 0.187. The Bertz CT molecular complexity index is 747. The van der Waals surface area contributed by atoms with Crippen LogP contribution in [0.1, 0.15) is 12.5 Å². The highest BCUT2D eigenvalue weighted by atomic mass is 32.2. The monoisotopic (exact) mass is 363 g/mol. The smallest absolute Gasteiger partial charge is 0.248 e. The van der Waals surface area contributed by atoms with Crippen molar-refractivity contribution in [3.05, 3.63) is 29.8 Å². The fraction of sp³-hybridized carbons (Fsp3) is 0.375. The molecular formula is C16H21N5O3S. The minimum atomic E-state index is -0.330. The van der Waals surface area contributed by atoms with Gasteiger partial charge in [-0.3, -0.25) is 25.0 Å². The Labute approximate surface area is 150 Å². The average Bonchev–Trinajstić information content (AvgIpc) is 2.99. The van der Waals surface area contributed by atoms with Gasteiger partial charge in [0.2, 0.25) is 11.8 Å². The predicted molar refractivity (Wildman–Crippen MR) is 94.8 cm³/mol. The fourth-order valence-electron chi connectivity index (χ4n) is 2.10. The molecule has 0 radical (unpaired) electrons. The molecule has 0 aliphatic heterocycles. The van der Waals surface area contributed by atoms with Crippen molar-refractivity contribution < 1.29 is 14.3 Å². The number of aryl methyl sites for hydroxylation is 1. The Hall–Kier alpha value is -2.39. The van der Waals surface area contributed by atoms with Crippen LogP contribution in [0.5, 0.6) is 0 Å². The van der Waals surface area contributed by atoms with Gasteiger partial charge in [-0.2, -0.15) is 0 Å². The first-order chi connectivity index (χ1) is 12.0. The molecule has 0 spiro atoms. The predicted octanol–water partition coefficient (Wildman–Crippen LogP) is 1.16. The lowest BCUT2D eigenvalue weighted by Crippen LogP contribution is -2.41. The summed E-state index contributed by atoms with van der Waals surface area (Å²) in [4.78, 5) is 22.5. The molecule has 9 heteroatoms. The molecule has 0 unspecified atom stereocenters. The molecule has 1 aromatic heterocycles. The van der Waals surface area contributed by atoms with E-state index in [0.717, 1.165) is 17.0 Å². The number of hydrazine groups is 1. The molecule has 1 heterocycles. The van der Waals surface area contributed by atoms with Gasteiger partial charge in [-0.15, -0.1) is 10.2 Å². The van der Waals surface area contributed by atoms with Crippen LogP contribution in [0, 0.1) is 6.92 Å². The summed E-state index contributed by atoms with van der Waals surface area (Å²) in [6.07, 6.45) is 0. The van der Waals surface area contributed by atoms with Crippen LogP contribution >= 0.6 is 11.8 Å². The van der Waals surface area contributed by atoms with Crippen LogP contribution in [-0.2, 0) is 20.9 Å². The van der Waals surface area contributed by atoms with Gasteiger partial charge in [-0.05, 0) is 13.0 Å². The maximum Gasteiger partial charge on any atom is 0.248 e. The van der Waals surface area contributed by atoms with Gasteiger partial charge in [-0.25, -0.2) is 0 Å². The van der Waals surface area contributed by atoms with E-state index in [1.54, 1.807) is 7.11 Å². The van der Waals surface area contributed by atoms with Crippen LogP contribution in [0.4, 0.5) is 0 Å². The Kier molecular flexibility index (Phi) is 6.96. The molecule has 0 bridgehead atoms. The summed E-state index contributed by atoms with van der Waals surface area (Å²) in [6, 6.07) is 7.98. The molecule has 2 aromatic rings. The maximum atomic E-state index is 11.7. The van der Waals surface area contributed by atoms with E-state index in [4.69, 9.17) is 4.74 Å². The van der Waals surface area contributed by atoms with Gasteiger partial charge in [0.25, 0.3) is 0 Å². The number of hydrogen-bond donors (Lipinski definition) is 2. The zero-order valence-electron chi connectivity index (χ0n) is 14.4. The van der Waals surface area contributed by atoms with Crippen molar-refractivity contribution in [2.24, 2.45) is 0 Å². The van der Waals surface area contributed by atoms with E-state index in [0.29, 0.717) is 18.3 Å². The van der Waals surface area contributed by atoms with E-state index >= 15 is 0 Å². The van der Waals surface area contributed by atoms with E-state index in [1.807, 2.05) is 35.8 Å². The second kappa shape index (κ2) is 9.19. The van der Waals surface area contributed by atoms with Crippen LogP contribution in [0.3, 0.4) is 0 Å². The third-order valence-electron chi connectivity index (χ3n) is 3.22. The van der Waals surface area contributed by atoms with Crippen molar-refractivity contribution in [1.82, 2.24) is 25.6 Å². The minimum Gasteiger partial charge on any atom is -0.383 e. The molecule has 8 nitrogen and oxygen atoms in total. The first-order valence-electron chi connectivity index (χ1n) is 7.68. The first kappa shape index (κ1) is 18.9. The van der Waals surface area contributed by atoms with Crippen LogP contribution in [-0.4, -0.2) is 46.0 Å². The van der Waals surface area contributed by atoms with E-state index < -0.39 is 0 Å². The summed E-state index contributed by atoms with van der Waals surface area (Å²) in [5, 5.41) is 9.08. The van der Waals surface area contributed by atoms with Crippen LogP contribution in [0.15, 0.2) is 29.4 Å². The van der Waals surface area contributed by atoms with Gasteiger partial charge in [0, 0.05) is 19.6 Å². The molecule has 25 heavy (non-hydrogen) atoms. The number of hydrogen-bond acceptors (Lipinski definition) is 6. The topological polar surface area (TPSA) is 98.1 Å². The number of nitrogens with one attached hydrogen (secondary N) is 2. The SMILES string of the molecule is COCCn1c(SCC(=O)NNC(C)=O)nnc1-c1cccc(C)c1. The van der Waals surface area contributed by atoms with Gasteiger partial charge in [0.05, 0.1) is 18.9 Å². The van der Waals surface area contributed by atoms with Crippen molar-refractivity contribution >= 4 is 23.6 Å². The van der Waals surface area contributed by atoms with Crippen molar-refractivity contribution in [3.63, 3.8) is 0 Å². The van der Waals surface area contributed by atoms with Crippen molar-refractivity contribution in [2.75, 3.05) is 19.5 Å². The lowest BCUT2D eigenvalue weighted by molar-refractivity contribution is -0.126. The van der Waals surface area contributed by atoms with E-state index in [1.165, 1.54) is 18.7 Å². The van der Waals surface area contributed by atoms with Gasteiger partial charge in [-0.1, -0.05) is 35.5 Å². The molecule has 2 amide bonds. The highest BCUT2D eigenvalue weighted by Gasteiger charge is 2.15. The Morgan fingerprint density at radius 3 is 2.76 bits per heavy atom. The zero-order valence-corrected chi connectivity index (χ0v) is 15.2. The molecule has 2 N–H and O–H groups in total. The molecular weight excluding hydrogens is 342 g/mol. The summed E-state index contributed by atoms with van der Waals surface area (Å²) in [5.41, 5.74) is 6.66. The summed E-state index contributed by atoms with van der Waals surface area (Å²) < 4.78 is 7.09. The molecule has 0 aliphatic rings. The average molecular weight is 363 g/mol. The number of nitrogens with zero attached hydrogens (tertiary/aromatic N) is 3. The lowest BCUT2D eigenvalue weighted by Gasteiger charge is -2.10. The number of aromatic nitrogens is 3. The number of benzene rings is 1. The van der Waals surface area contributed by atoms with Crippen LogP contribution < -0.4 is 10.9 Å². The molecule has 0 saturated carbocycles. The standard InChI is InChI=1S/C16H21N5O3S/c1-11-5-4-6-13(9-11)15-19-20-16(21(15)7-8-24-3)25-10-14(23)18-17-12(2)22/h4-6,9H,7-8,10H2,1-3H3,(H,17,22)(H,18,23). The number of thioether (sulfide) groups is 1. The fourth-order valence-corrected chi connectivity index (χ4v) is 2.87. The van der Waals surface area contributed by atoms with E-state index in [2.05, 4.69) is 21.0 Å². The normalized spacial score (nSPS) is 10.5. The number of rotatable bonds is 7. The third-order valence-corrected chi connectivity index (χ3v) is 4.19. The van der Waals surface area contributed by atoms with Crippen molar-refractivity contribution in [3.8, 4) is 11.4 Å². The number of amides is 2.